The van der Waals surface area contributed by atoms with Crippen molar-refractivity contribution in [2.24, 2.45) is 0 Å². The first-order valence-corrected chi connectivity index (χ1v) is 7.45. The standard InChI is InChI=1S/C18H25NO/c1-5-19-17(18(3,4)20-6-2)16-13-9-11-14-10-7-8-12-15(14)16/h7-13,17,19H,5-6H2,1-4H3. The van der Waals surface area contributed by atoms with E-state index in [2.05, 4.69) is 68.6 Å². The SMILES string of the molecule is CCNC(c1cccc2ccccc12)C(C)(C)OCC. The normalized spacial score (nSPS) is 13.6. The van der Waals surface area contributed by atoms with E-state index < -0.39 is 0 Å². The van der Waals surface area contributed by atoms with E-state index in [1.165, 1.54) is 16.3 Å². The summed E-state index contributed by atoms with van der Waals surface area (Å²) in [4.78, 5) is 0. The second-order valence-electron chi connectivity index (χ2n) is 5.60. The molecule has 1 unspecified atom stereocenters. The third kappa shape index (κ3) is 3.02. The van der Waals surface area contributed by atoms with Crippen LogP contribution in [-0.4, -0.2) is 18.8 Å². The van der Waals surface area contributed by atoms with Gasteiger partial charge >= 0.3 is 0 Å². The fraction of sp³-hybridized carbons (Fsp3) is 0.444. The fourth-order valence-corrected chi connectivity index (χ4v) is 2.89. The Morgan fingerprint density at radius 1 is 1.05 bits per heavy atom. The second-order valence-corrected chi connectivity index (χ2v) is 5.60. The Balaban J connectivity index is 2.52. The number of rotatable bonds is 6. The van der Waals surface area contributed by atoms with E-state index in [0.717, 1.165) is 13.2 Å². The van der Waals surface area contributed by atoms with Crippen LogP contribution >= 0.6 is 0 Å². The summed E-state index contributed by atoms with van der Waals surface area (Å²) in [5, 5.41) is 6.17. The second kappa shape index (κ2) is 6.38. The lowest BCUT2D eigenvalue weighted by atomic mass is 9.88. The Morgan fingerprint density at radius 3 is 2.45 bits per heavy atom. The predicted octanol–water partition coefficient (Wildman–Crippen LogP) is 4.31. The van der Waals surface area contributed by atoms with Crippen LogP contribution in [0.1, 0.15) is 39.3 Å². The molecule has 0 fully saturated rings. The van der Waals surface area contributed by atoms with Gasteiger partial charge in [0, 0.05) is 6.61 Å². The molecule has 1 N–H and O–H groups in total. The maximum atomic E-state index is 5.98. The maximum Gasteiger partial charge on any atom is 0.0820 e. The lowest BCUT2D eigenvalue weighted by Gasteiger charge is -2.35. The Kier molecular flexibility index (Phi) is 4.79. The van der Waals surface area contributed by atoms with Gasteiger partial charge in [0.2, 0.25) is 0 Å². The Labute approximate surface area is 122 Å². The van der Waals surface area contributed by atoms with Gasteiger partial charge in [-0.3, -0.25) is 0 Å². The lowest BCUT2D eigenvalue weighted by molar-refractivity contribution is -0.0385. The smallest absolute Gasteiger partial charge is 0.0820 e. The van der Waals surface area contributed by atoms with E-state index >= 15 is 0 Å². The molecular formula is C18H25NO. The average molecular weight is 271 g/mol. The highest BCUT2D eigenvalue weighted by Crippen LogP contribution is 2.33. The van der Waals surface area contributed by atoms with E-state index in [0.29, 0.717) is 0 Å². The van der Waals surface area contributed by atoms with Gasteiger partial charge in [-0.1, -0.05) is 49.4 Å². The van der Waals surface area contributed by atoms with Gasteiger partial charge in [-0.25, -0.2) is 0 Å². The van der Waals surface area contributed by atoms with Gasteiger partial charge in [0.1, 0.15) is 0 Å². The molecule has 0 radical (unpaired) electrons. The van der Waals surface area contributed by atoms with Crippen molar-refractivity contribution in [1.29, 1.82) is 0 Å². The summed E-state index contributed by atoms with van der Waals surface area (Å²) in [6.45, 7) is 10.1. The predicted molar refractivity (Wildman–Crippen MR) is 86.1 cm³/mol. The van der Waals surface area contributed by atoms with Crippen LogP contribution in [0.15, 0.2) is 42.5 Å². The van der Waals surface area contributed by atoms with Crippen LogP contribution in [-0.2, 0) is 4.74 Å². The molecule has 108 valence electrons. The van der Waals surface area contributed by atoms with Gasteiger partial charge in [-0.05, 0) is 43.7 Å². The van der Waals surface area contributed by atoms with Crippen LogP contribution in [0.25, 0.3) is 10.8 Å². The number of likely N-dealkylation sites (N-methyl/N-ethyl adjacent to an activating group) is 1. The molecule has 0 saturated carbocycles. The van der Waals surface area contributed by atoms with Crippen LogP contribution in [0.3, 0.4) is 0 Å². The topological polar surface area (TPSA) is 21.3 Å². The molecule has 2 rings (SSSR count). The van der Waals surface area contributed by atoms with Crippen molar-refractivity contribution in [2.45, 2.75) is 39.3 Å². The highest BCUT2D eigenvalue weighted by atomic mass is 16.5. The van der Waals surface area contributed by atoms with Gasteiger partial charge in [-0.15, -0.1) is 0 Å². The first-order chi connectivity index (χ1) is 9.60. The summed E-state index contributed by atoms with van der Waals surface area (Å²) in [6.07, 6.45) is 0. The van der Waals surface area contributed by atoms with Gasteiger partial charge in [0.05, 0.1) is 11.6 Å². The zero-order chi connectivity index (χ0) is 14.6. The van der Waals surface area contributed by atoms with Crippen molar-refractivity contribution in [2.75, 3.05) is 13.2 Å². The number of ether oxygens (including phenoxy) is 1. The minimum atomic E-state index is -0.241. The summed E-state index contributed by atoms with van der Waals surface area (Å²) in [6, 6.07) is 15.2. The Bertz CT molecular complexity index is 557. The zero-order valence-electron chi connectivity index (χ0n) is 12.9. The number of fused-ring (bicyclic) bond motifs is 1. The molecular weight excluding hydrogens is 246 g/mol. The highest BCUT2D eigenvalue weighted by Gasteiger charge is 2.31. The minimum absolute atomic E-state index is 0.179. The molecule has 0 heterocycles. The Morgan fingerprint density at radius 2 is 1.75 bits per heavy atom. The van der Waals surface area contributed by atoms with Gasteiger partial charge in [0.25, 0.3) is 0 Å². The van der Waals surface area contributed by atoms with Crippen LogP contribution < -0.4 is 5.32 Å². The maximum absolute atomic E-state index is 5.98. The van der Waals surface area contributed by atoms with Crippen molar-refractivity contribution in [1.82, 2.24) is 5.32 Å². The molecule has 0 aliphatic rings. The molecule has 2 aromatic carbocycles. The zero-order valence-corrected chi connectivity index (χ0v) is 12.9. The lowest BCUT2D eigenvalue weighted by Crippen LogP contribution is -2.41. The molecule has 1 atom stereocenters. The summed E-state index contributed by atoms with van der Waals surface area (Å²) in [7, 11) is 0. The quantitative estimate of drug-likeness (QED) is 0.845. The molecule has 0 bridgehead atoms. The first kappa shape index (κ1) is 15.0. The van der Waals surface area contributed by atoms with Gasteiger partial charge < -0.3 is 10.1 Å². The minimum Gasteiger partial charge on any atom is -0.374 e. The molecule has 0 aromatic heterocycles. The first-order valence-electron chi connectivity index (χ1n) is 7.45. The molecule has 2 heteroatoms. The largest absolute Gasteiger partial charge is 0.374 e. The summed E-state index contributed by atoms with van der Waals surface area (Å²) < 4.78 is 5.98. The number of benzene rings is 2. The number of nitrogens with one attached hydrogen (secondary N) is 1. The van der Waals surface area contributed by atoms with Crippen molar-refractivity contribution >= 4 is 10.8 Å². The third-order valence-electron chi connectivity index (χ3n) is 3.75. The van der Waals surface area contributed by atoms with Crippen molar-refractivity contribution in [3.8, 4) is 0 Å². The van der Waals surface area contributed by atoms with Gasteiger partial charge in [0.15, 0.2) is 0 Å². The third-order valence-corrected chi connectivity index (χ3v) is 3.75. The molecule has 0 aliphatic carbocycles. The molecule has 20 heavy (non-hydrogen) atoms. The highest BCUT2D eigenvalue weighted by molar-refractivity contribution is 5.86. The summed E-state index contributed by atoms with van der Waals surface area (Å²) in [5.74, 6) is 0. The Hall–Kier alpha value is -1.38. The van der Waals surface area contributed by atoms with Crippen molar-refractivity contribution in [3.63, 3.8) is 0 Å². The fourth-order valence-electron chi connectivity index (χ4n) is 2.89. The number of hydrogen-bond donors (Lipinski definition) is 1. The molecule has 0 saturated heterocycles. The van der Waals surface area contributed by atoms with E-state index in [9.17, 15) is 0 Å². The molecule has 0 amide bonds. The average Bonchev–Trinajstić information content (AvgIpc) is 2.44. The van der Waals surface area contributed by atoms with Crippen LogP contribution in [0.2, 0.25) is 0 Å². The van der Waals surface area contributed by atoms with Crippen LogP contribution in [0.4, 0.5) is 0 Å². The van der Waals surface area contributed by atoms with E-state index in [1.807, 2.05) is 6.92 Å². The monoisotopic (exact) mass is 271 g/mol. The van der Waals surface area contributed by atoms with E-state index in [-0.39, 0.29) is 11.6 Å². The van der Waals surface area contributed by atoms with Gasteiger partial charge in [-0.2, -0.15) is 0 Å². The number of hydrogen-bond acceptors (Lipinski definition) is 2. The van der Waals surface area contributed by atoms with Crippen LogP contribution in [0, 0.1) is 0 Å². The van der Waals surface area contributed by atoms with E-state index in [4.69, 9.17) is 4.74 Å². The van der Waals surface area contributed by atoms with Crippen molar-refractivity contribution < 1.29 is 4.74 Å². The van der Waals surface area contributed by atoms with Crippen molar-refractivity contribution in [3.05, 3.63) is 48.0 Å². The summed E-state index contributed by atoms with van der Waals surface area (Å²) >= 11 is 0. The molecule has 2 nitrogen and oxygen atoms in total. The molecule has 0 aliphatic heterocycles. The van der Waals surface area contributed by atoms with E-state index in [1.54, 1.807) is 0 Å². The molecule has 2 aromatic rings. The van der Waals surface area contributed by atoms with Crippen LogP contribution in [0.5, 0.6) is 0 Å². The molecule has 0 spiro atoms. The summed E-state index contributed by atoms with van der Waals surface area (Å²) in [5.41, 5.74) is 1.07.